The summed E-state index contributed by atoms with van der Waals surface area (Å²) < 4.78 is 0. The van der Waals surface area contributed by atoms with Crippen molar-refractivity contribution in [2.45, 2.75) is 31.8 Å². The molecule has 4 rings (SSSR count). The second kappa shape index (κ2) is 8.66. The molecule has 1 saturated heterocycles. The van der Waals surface area contributed by atoms with Gasteiger partial charge in [0.25, 0.3) is 6.47 Å². The zero-order valence-corrected chi connectivity index (χ0v) is 16.3. The summed E-state index contributed by atoms with van der Waals surface area (Å²) in [7, 11) is 0. The maximum absolute atomic E-state index is 12.1. The lowest BCUT2D eigenvalue weighted by Gasteiger charge is -2.44. The van der Waals surface area contributed by atoms with Gasteiger partial charge in [-0.25, -0.2) is 9.78 Å². The van der Waals surface area contributed by atoms with Crippen molar-refractivity contribution < 1.29 is 34.8 Å². The predicted molar refractivity (Wildman–Crippen MR) is 108 cm³/mol. The van der Waals surface area contributed by atoms with E-state index in [1.54, 1.807) is 24.3 Å². The molecule has 160 valence electrons. The standard InChI is InChI=1S/C20H22N2O5.CH2O2/c23-16-7-8-22(11-20(16,19(26)27)10-12-5-6-12)17-9-14(18(24)25)13-3-1-2-4-15(13)21-17;2-1-3/h1-4,9,12,16,23H,5-8,10-11H2,(H,24,25)(H,26,27);1H,(H,2,3)/t16-,20-;/m0./s1. The SMILES string of the molecule is O=C(O)c1cc(N2CC[C@H](O)[C@@](CC3CC3)(C(=O)O)C2)nc2ccccc12.O=CO. The fourth-order valence-electron chi connectivity index (χ4n) is 4.11. The Labute approximate surface area is 172 Å². The first-order valence-electron chi connectivity index (χ1n) is 9.69. The molecule has 1 saturated carbocycles. The van der Waals surface area contributed by atoms with Crippen LogP contribution < -0.4 is 4.90 Å². The van der Waals surface area contributed by atoms with Gasteiger partial charge in [0.1, 0.15) is 11.2 Å². The number of nitrogens with zero attached hydrogens (tertiary/aromatic N) is 2. The maximum Gasteiger partial charge on any atom is 0.336 e. The summed E-state index contributed by atoms with van der Waals surface area (Å²) >= 11 is 0. The molecule has 0 bridgehead atoms. The summed E-state index contributed by atoms with van der Waals surface area (Å²) in [4.78, 5) is 38.6. The lowest BCUT2D eigenvalue weighted by atomic mass is 9.73. The Hall–Kier alpha value is -3.20. The van der Waals surface area contributed by atoms with Crippen LogP contribution in [0.2, 0.25) is 0 Å². The van der Waals surface area contributed by atoms with E-state index < -0.39 is 23.5 Å². The normalized spacial score (nSPS) is 23.4. The van der Waals surface area contributed by atoms with Crippen LogP contribution in [0.1, 0.15) is 36.0 Å². The van der Waals surface area contributed by atoms with E-state index in [-0.39, 0.29) is 18.6 Å². The van der Waals surface area contributed by atoms with E-state index in [4.69, 9.17) is 9.90 Å². The minimum atomic E-state index is -1.24. The molecule has 4 N–H and O–H groups in total. The first-order valence-corrected chi connectivity index (χ1v) is 9.69. The number of hydrogen-bond acceptors (Lipinski definition) is 6. The molecule has 2 aliphatic rings. The number of aromatic carboxylic acids is 1. The molecule has 1 aromatic carbocycles. The van der Waals surface area contributed by atoms with E-state index in [2.05, 4.69) is 4.98 Å². The summed E-state index contributed by atoms with van der Waals surface area (Å²) in [5, 5.41) is 37.5. The number of carboxylic acid groups (broad SMARTS) is 3. The zero-order valence-electron chi connectivity index (χ0n) is 16.3. The average molecular weight is 416 g/mol. The third-order valence-electron chi connectivity index (χ3n) is 5.82. The highest BCUT2D eigenvalue weighted by atomic mass is 16.4. The van der Waals surface area contributed by atoms with E-state index in [1.807, 2.05) is 4.90 Å². The number of aliphatic hydroxyl groups is 1. The Kier molecular flexibility index (Phi) is 6.21. The van der Waals surface area contributed by atoms with E-state index in [0.29, 0.717) is 42.0 Å². The Morgan fingerprint density at radius 3 is 2.47 bits per heavy atom. The lowest BCUT2D eigenvalue weighted by molar-refractivity contribution is -0.158. The number of piperidine rings is 1. The van der Waals surface area contributed by atoms with Gasteiger partial charge in [0.2, 0.25) is 0 Å². The highest BCUT2D eigenvalue weighted by Crippen LogP contribution is 2.45. The van der Waals surface area contributed by atoms with Crippen molar-refractivity contribution in [3.63, 3.8) is 0 Å². The third kappa shape index (κ3) is 4.20. The Balaban J connectivity index is 0.000000806. The third-order valence-corrected chi connectivity index (χ3v) is 5.82. The maximum atomic E-state index is 12.1. The minimum Gasteiger partial charge on any atom is -0.483 e. The van der Waals surface area contributed by atoms with Crippen LogP contribution in [-0.4, -0.2) is 63.0 Å². The number of para-hydroxylation sites is 1. The van der Waals surface area contributed by atoms with Crippen molar-refractivity contribution >= 4 is 35.1 Å². The topological polar surface area (TPSA) is 148 Å². The Morgan fingerprint density at radius 2 is 1.87 bits per heavy atom. The lowest BCUT2D eigenvalue weighted by Crippen LogP contribution is -2.56. The van der Waals surface area contributed by atoms with E-state index >= 15 is 0 Å². The molecule has 2 fully saturated rings. The Bertz CT molecular complexity index is 960. The van der Waals surface area contributed by atoms with Crippen LogP contribution in [0, 0.1) is 11.3 Å². The summed E-state index contributed by atoms with van der Waals surface area (Å²) in [6, 6.07) is 8.52. The molecular formula is C21H24N2O7. The second-order valence-corrected chi connectivity index (χ2v) is 7.79. The van der Waals surface area contributed by atoms with E-state index in [9.17, 15) is 24.9 Å². The number of aromatic nitrogens is 1. The first-order chi connectivity index (χ1) is 14.3. The van der Waals surface area contributed by atoms with Gasteiger partial charge in [-0.1, -0.05) is 31.0 Å². The van der Waals surface area contributed by atoms with Gasteiger partial charge in [0.05, 0.1) is 17.2 Å². The van der Waals surface area contributed by atoms with Crippen LogP contribution >= 0.6 is 0 Å². The summed E-state index contributed by atoms with van der Waals surface area (Å²) in [6.07, 6.45) is 1.85. The second-order valence-electron chi connectivity index (χ2n) is 7.79. The monoisotopic (exact) mass is 416 g/mol. The molecule has 0 spiro atoms. The van der Waals surface area contributed by atoms with Crippen molar-refractivity contribution in [3.8, 4) is 0 Å². The fraction of sp³-hybridized carbons (Fsp3) is 0.429. The number of carboxylic acids is 2. The van der Waals surface area contributed by atoms with Gasteiger partial charge >= 0.3 is 11.9 Å². The molecule has 2 aromatic rings. The quantitative estimate of drug-likeness (QED) is 0.537. The molecule has 1 aromatic heterocycles. The van der Waals surface area contributed by atoms with Crippen LogP contribution in [0.4, 0.5) is 5.82 Å². The van der Waals surface area contributed by atoms with Gasteiger partial charge in [-0.3, -0.25) is 9.59 Å². The van der Waals surface area contributed by atoms with Gasteiger partial charge in [-0.05, 0) is 30.9 Å². The van der Waals surface area contributed by atoms with Crippen LogP contribution in [-0.2, 0) is 9.59 Å². The summed E-state index contributed by atoms with van der Waals surface area (Å²) in [5.74, 6) is -1.26. The summed E-state index contributed by atoms with van der Waals surface area (Å²) in [6.45, 7) is 0.315. The van der Waals surface area contributed by atoms with Crippen molar-refractivity contribution in [1.82, 2.24) is 4.98 Å². The number of pyridine rings is 1. The molecule has 0 unspecified atom stereocenters. The van der Waals surface area contributed by atoms with Crippen molar-refractivity contribution in [2.24, 2.45) is 11.3 Å². The molecule has 1 aliphatic carbocycles. The molecule has 0 amide bonds. The minimum absolute atomic E-state index is 0.129. The van der Waals surface area contributed by atoms with Crippen LogP contribution in [0.25, 0.3) is 10.9 Å². The first kappa shape index (κ1) is 21.5. The number of anilines is 1. The molecular weight excluding hydrogens is 392 g/mol. The number of carbonyl (C=O) groups is 3. The van der Waals surface area contributed by atoms with E-state index in [0.717, 1.165) is 12.8 Å². The zero-order chi connectivity index (χ0) is 21.9. The predicted octanol–water partition coefficient (Wildman–Crippen LogP) is 2.08. The fourth-order valence-corrected chi connectivity index (χ4v) is 4.11. The van der Waals surface area contributed by atoms with Crippen LogP contribution in [0.15, 0.2) is 30.3 Å². The van der Waals surface area contributed by atoms with Gasteiger partial charge in [-0.2, -0.15) is 0 Å². The number of aliphatic hydroxyl groups excluding tert-OH is 1. The van der Waals surface area contributed by atoms with E-state index in [1.165, 1.54) is 6.07 Å². The van der Waals surface area contributed by atoms with Gasteiger partial charge in [0.15, 0.2) is 0 Å². The number of hydrogen-bond donors (Lipinski definition) is 4. The highest BCUT2D eigenvalue weighted by Gasteiger charge is 2.52. The average Bonchev–Trinajstić information content (AvgIpc) is 3.53. The number of benzene rings is 1. The highest BCUT2D eigenvalue weighted by molar-refractivity contribution is 6.03. The number of rotatable bonds is 5. The number of aliphatic carboxylic acids is 1. The van der Waals surface area contributed by atoms with Crippen molar-refractivity contribution in [3.05, 3.63) is 35.9 Å². The van der Waals surface area contributed by atoms with Crippen LogP contribution in [0.5, 0.6) is 0 Å². The molecule has 2 atom stereocenters. The van der Waals surface area contributed by atoms with Crippen molar-refractivity contribution in [1.29, 1.82) is 0 Å². The van der Waals surface area contributed by atoms with Crippen molar-refractivity contribution in [2.75, 3.05) is 18.0 Å². The van der Waals surface area contributed by atoms with Crippen LogP contribution in [0.3, 0.4) is 0 Å². The number of fused-ring (bicyclic) bond motifs is 1. The largest absolute Gasteiger partial charge is 0.483 e. The molecule has 9 nitrogen and oxygen atoms in total. The summed E-state index contributed by atoms with van der Waals surface area (Å²) in [5.41, 5.74) is -0.540. The molecule has 9 heteroatoms. The molecule has 30 heavy (non-hydrogen) atoms. The molecule has 0 radical (unpaired) electrons. The van der Waals surface area contributed by atoms with Gasteiger partial charge in [0, 0.05) is 18.5 Å². The smallest absolute Gasteiger partial charge is 0.336 e. The van der Waals surface area contributed by atoms with Gasteiger partial charge < -0.3 is 25.3 Å². The van der Waals surface area contributed by atoms with Gasteiger partial charge in [-0.15, -0.1) is 0 Å². The molecule has 1 aliphatic heterocycles. The Morgan fingerprint density at radius 1 is 1.20 bits per heavy atom. The molecule has 2 heterocycles.